The number of thiazole rings is 1. The molecule has 6 aliphatic heterocycles. The summed E-state index contributed by atoms with van der Waals surface area (Å²) in [5.41, 5.74) is 14.3. The van der Waals surface area contributed by atoms with Crippen molar-refractivity contribution < 1.29 is 24.0 Å². The predicted octanol–water partition coefficient (Wildman–Crippen LogP) is 8.75. The maximum Gasteiger partial charge on any atom is 0.243 e. The number of nitrogen functional groups attached to an aromatic ring is 1. The number of aromatic nitrogens is 4. The van der Waals surface area contributed by atoms with E-state index >= 15 is 0 Å². The van der Waals surface area contributed by atoms with E-state index in [4.69, 9.17) is 15.0 Å². The summed E-state index contributed by atoms with van der Waals surface area (Å²) in [5.74, 6) is 2.70. The second-order valence-corrected chi connectivity index (χ2v) is 27.0. The van der Waals surface area contributed by atoms with Gasteiger partial charge in [0.1, 0.15) is 17.7 Å². The number of para-hydroxylation sites is 1. The summed E-state index contributed by atoms with van der Waals surface area (Å²) >= 11 is 1.63. The number of piperazine rings is 1. The van der Waals surface area contributed by atoms with Crippen LogP contribution in [0.15, 0.2) is 70.7 Å². The number of hydrogen-bond acceptors (Lipinski definition) is 16. The molecular formula is C63H84N12O5S. The van der Waals surface area contributed by atoms with E-state index in [1.54, 1.807) is 22.3 Å². The number of carbonyl (C=O) groups is 2. The third kappa shape index (κ3) is 11.0. The Morgan fingerprint density at radius 1 is 0.840 bits per heavy atom. The normalized spacial score (nSPS) is 25.4. The number of phenolic OH excluding ortho intramolecular Hbond substituents is 1. The average Bonchev–Trinajstić information content (AvgIpc) is 4.33. The third-order valence-electron chi connectivity index (χ3n) is 20.6. The molecule has 2 aromatic carbocycles. The van der Waals surface area contributed by atoms with E-state index in [-0.39, 0.29) is 35.1 Å². The van der Waals surface area contributed by atoms with Crippen molar-refractivity contribution in [3.63, 3.8) is 0 Å². The van der Waals surface area contributed by atoms with Crippen LogP contribution in [0, 0.1) is 30.1 Å². The van der Waals surface area contributed by atoms with Gasteiger partial charge in [-0.3, -0.25) is 19.4 Å². The van der Waals surface area contributed by atoms with Gasteiger partial charge in [-0.15, -0.1) is 21.5 Å². The van der Waals surface area contributed by atoms with Crippen molar-refractivity contribution in [3.8, 4) is 27.4 Å². The molecule has 13 rings (SSSR count). The number of nitrogens with zero attached hydrogens (tertiary/aromatic N) is 10. The van der Waals surface area contributed by atoms with E-state index < -0.39 is 12.0 Å². The highest BCUT2D eigenvalue weighted by Gasteiger charge is 2.55. The van der Waals surface area contributed by atoms with Crippen molar-refractivity contribution in [2.75, 3.05) is 94.1 Å². The molecule has 81 heavy (non-hydrogen) atoms. The number of hydrogen-bond donors (Lipinski definition) is 3. The van der Waals surface area contributed by atoms with Gasteiger partial charge in [0.05, 0.1) is 45.7 Å². The van der Waals surface area contributed by atoms with Crippen LogP contribution in [-0.2, 0) is 14.3 Å². The molecule has 18 heteroatoms. The Hall–Kier alpha value is -5.66. The van der Waals surface area contributed by atoms with Crippen LogP contribution >= 0.6 is 11.3 Å². The van der Waals surface area contributed by atoms with Gasteiger partial charge in [0.2, 0.25) is 11.8 Å². The van der Waals surface area contributed by atoms with Crippen LogP contribution < -0.4 is 20.9 Å². The summed E-state index contributed by atoms with van der Waals surface area (Å²) in [6.07, 6.45) is 13.8. The van der Waals surface area contributed by atoms with Gasteiger partial charge in [0.25, 0.3) is 0 Å². The molecule has 17 nitrogen and oxygen atoms in total. The Morgan fingerprint density at radius 3 is 2.31 bits per heavy atom. The van der Waals surface area contributed by atoms with Crippen molar-refractivity contribution >= 4 is 40.5 Å². The number of likely N-dealkylation sites (tertiary alicyclic amines) is 2. The molecule has 432 valence electrons. The highest BCUT2D eigenvalue weighted by atomic mass is 32.1. The lowest BCUT2D eigenvalue weighted by atomic mass is 9.59. The number of morpholine rings is 1. The SMILES string of the molecule is Cc1ncsc1-c1ccc(C(C)NC(=O)C2CCCN2C(=O)C(c2cc(N3CCC(CN4CCC5(CC4)CC(N4CCOC6(CC(CN7C8CCC7CN(c7cc(-c9ccccc9O)nnc7N)C8)C6)C4)C5)CC3)no2)C(C)C)cc1. The van der Waals surface area contributed by atoms with Crippen LogP contribution in [0.1, 0.15) is 127 Å². The first kappa shape index (κ1) is 54.6. The molecule has 8 aliphatic rings. The van der Waals surface area contributed by atoms with Crippen LogP contribution in [0.2, 0.25) is 0 Å². The third-order valence-corrected chi connectivity index (χ3v) is 21.6. The maximum atomic E-state index is 14.4. The standard InChI is InChI=1S/C63H84N12O5S/c1-40(2)57(61(78)74-21-7-9-52(74)60(77)66-41(3)45-11-13-46(14-12-45)58-42(4)65-39-81-58)55-29-56(69-80-55)71-22-17-43(18-23-71)34-70-24-19-62(20-25-70)32-49(33-62)72-26-27-79-63(38-72)30-44(31-63)35-75-47-15-16-48(75)37-73(36-47)53-28-51(67-68-59(53)64)50-8-5-6-10-54(50)76/h5-6,8,10-14,28-29,39-41,43-44,47-49,52,57,76H,7,9,15-27,30-38H2,1-4H3,(H2,64,68)(H,66,77). The lowest BCUT2D eigenvalue weighted by molar-refractivity contribution is -0.196. The highest BCUT2D eigenvalue weighted by Crippen LogP contribution is 2.53. The van der Waals surface area contributed by atoms with Gasteiger partial charge >= 0.3 is 0 Å². The van der Waals surface area contributed by atoms with Crippen LogP contribution in [-0.4, -0.2) is 165 Å². The molecule has 2 saturated carbocycles. The molecular weight excluding hydrogens is 1040 g/mol. The quantitative estimate of drug-likeness (QED) is 0.0903. The minimum absolute atomic E-state index is 0.0237. The van der Waals surface area contributed by atoms with Crippen molar-refractivity contribution in [2.24, 2.45) is 23.2 Å². The smallest absolute Gasteiger partial charge is 0.243 e. The molecule has 5 atom stereocenters. The van der Waals surface area contributed by atoms with Crippen LogP contribution in [0.4, 0.5) is 17.3 Å². The predicted molar refractivity (Wildman–Crippen MR) is 316 cm³/mol. The van der Waals surface area contributed by atoms with Gasteiger partial charge in [-0.05, 0) is 156 Å². The number of amides is 2. The Bertz CT molecular complexity index is 3010. The first-order valence-corrected chi connectivity index (χ1v) is 31.5. The summed E-state index contributed by atoms with van der Waals surface area (Å²) in [6.45, 7) is 20.2. The molecule has 6 saturated heterocycles. The molecule has 5 aromatic rings. The van der Waals surface area contributed by atoms with Crippen LogP contribution in [0.3, 0.4) is 0 Å². The Labute approximate surface area is 481 Å². The summed E-state index contributed by atoms with van der Waals surface area (Å²) in [5, 5.41) is 26.9. The second kappa shape index (κ2) is 22.5. The Morgan fingerprint density at radius 2 is 1.59 bits per heavy atom. The molecule has 2 spiro atoms. The molecule has 5 unspecified atom stereocenters. The van der Waals surface area contributed by atoms with Gasteiger partial charge in [-0.2, -0.15) is 0 Å². The summed E-state index contributed by atoms with van der Waals surface area (Å²) < 4.78 is 12.7. The number of phenols is 1. The van der Waals surface area contributed by atoms with Gasteiger partial charge in [0.15, 0.2) is 17.4 Å². The molecule has 2 bridgehead atoms. The lowest BCUT2D eigenvalue weighted by Crippen LogP contribution is -2.65. The molecule has 2 amide bonds. The van der Waals surface area contributed by atoms with E-state index in [9.17, 15) is 14.7 Å². The van der Waals surface area contributed by atoms with Gasteiger partial charge < -0.3 is 45.0 Å². The van der Waals surface area contributed by atoms with E-state index in [1.807, 2.05) is 49.7 Å². The monoisotopic (exact) mass is 1120 g/mol. The fraction of sp³-hybridized carbons (Fsp3) is 0.619. The number of fused-ring (bicyclic) bond motifs is 2. The second-order valence-electron chi connectivity index (χ2n) is 26.2. The number of rotatable bonds is 15. The minimum Gasteiger partial charge on any atom is -0.507 e. The fourth-order valence-electron chi connectivity index (χ4n) is 16.0. The zero-order valence-corrected chi connectivity index (χ0v) is 48.9. The van der Waals surface area contributed by atoms with Crippen molar-refractivity contribution in [2.45, 2.75) is 146 Å². The number of nitrogens with one attached hydrogen (secondary N) is 1. The molecule has 0 radical (unpaired) electrons. The molecule has 3 aromatic heterocycles. The average molecular weight is 1120 g/mol. The van der Waals surface area contributed by atoms with Crippen molar-refractivity contribution in [1.29, 1.82) is 0 Å². The van der Waals surface area contributed by atoms with Crippen molar-refractivity contribution in [1.82, 2.24) is 45.3 Å². The number of carbonyl (C=O) groups excluding carboxylic acids is 2. The zero-order valence-electron chi connectivity index (χ0n) is 48.1. The van der Waals surface area contributed by atoms with Crippen LogP contribution in [0.5, 0.6) is 5.75 Å². The number of aryl methyl sites for hydroxylation is 1. The van der Waals surface area contributed by atoms with E-state index in [1.165, 1.54) is 71.0 Å². The van der Waals surface area contributed by atoms with E-state index in [0.717, 1.165) is 105 Å². The number of benzene rings is 2. The summed E-state index contributed by atoms with van der Waals surface area (Å²) in [7, 11) is 0. The summed E-state index contributed by atoms with van der Waals surface area (Å²) in [6, 6.07) is 20.6. The number of piperidine rings is 2. The van der Waals surface area contributed by atoms with E-state index in [2.05, 4.69) is 88.3 Å². The number of nitrogens with two attached hydrogens (primary N) is 1. The number of anilines is 3. The minimum atomic E-state index is -0.516. The van der Waals surface area contributed by atoms with Gasteiger partial charge in [-0.25, -0.2) is 4.98 Å². The number of aromatic hydroxyl groups is 1. The number of ether oxygens (including phenoxy) is 1. The van der Waals surface area contributed by atoms with Crippen LogP contribution in [0.25, 0.3) is 21.7 Å². The topological polar surface area (TPSA) is 186 Å². The first-order valence-electron chi connectivity index (χ1n) is 30.6. The fourth-order valence-corrected chi connectivity index (χ4v) is 16.8. The van der Waals surface area contributed by atoms with Gasteiger partial charge in [0, 0.05) is 88.7 Å². The Kier molecular flexibility index (Phi) is 15.2. The highest BCUT2D eigenvalue weighted by molar-refractivity contribution is 7.13. The maximum absolute atomic E-state index is 14.4. The van der Waals surface area contributed by atoms with E-state index in [0.29, 0.717) is 71.2 Å². The zero-order chi connectivity index (χ0) is 55.6. The molecule has 2 aliphatic carbocycles. The van der Waals surface area contributed by atoms with Crippen molar-refractivity contribution in [3.05, 3.63) is 83.2 Å². The molecule has 4 N–H and O–H groups in total. The first-order chi connectivity index (χ1) is 39.3. The van der Waals surface area contributed by atoms with Gasteiger partial charge in [-0.1, -0.05) is 55.4 Å². The molecule has 9 heterocycles. The Balaban J connectivity index is 0.532. The summed E-state index contributed by atoms with van der Waals surface area (Å²) in [4.78, 5) is 48.7. The lowest BCUT2D eigenvalue weighted by Gasteiger charge is -2.60. The largest absolute Gasteiger partial charge is 0.507 e. The molecule has 8 fully saturated rings.